The Labute approximate surface area is 81.3 Å². The fourth-order valence-corrected chi connectivity index (χ4v) is 1.38. The third kappa shape index (κ3) is 1.33. The van der Waals surface area contributed by atoms with Crippen LogP contribution < -0.4 is 4.74 Å². The van der Waals surface area contributed by atoms with Gasteiger partial charge in [0.1, 0.15) is 0 Å². The average molecular weight is 187 g/mol. The number of hydrogen-bond acceptors (Lipinski definition) is 3. The Balaban J connectivity index is 2.79. The van der Waals surface area contributed by atoms with Crippen LogP contribution >= 0.6 is 0 Å². The summed E-state index contributed by atoms with van der Waals surface area (Å²) in [6.07, 6.45) is 0.812. The van der Waals surface area contributed by atoms with Crippen molar-refractivity contribution in [3.8, 4) is 5.88 Å². The maximum atomic E-state index is 10.8. The highest BCUT2D eigenvalue weighted by Crippen LogP contribution is 2.19. The van der Waals surface area contributed by atoms with Crippen molar-refractivity contribution in [3.05, 3.63) is 35.9 Å². The van der Waals surface area contributed by atoms with Crippen molar-refractivity contribution in [3.63, 3.8) is 0 Å². The summed E-state index contributed by atoms with van der Waals surface area (Å²) < 4.78 is 4.99. The first-order chi connectivity index (χ1) is 6.85. The van der Waals surface area contributed by atoms with Crippen molar-refractivity contribution in [1.82, 2.24) is 4.98 Å². The van der Waals surface area contributed by atoms with Gasteiger partial charge >= 0.3 is 0 Å². The molecule has 0 saturated carbocycles. The summed E-state index contributed by atoms with van der Waals surface area (Å²) in [5.74, 6) is 0.464. The molecule has 0 unspecified atom stereocenters. The van der Waals surface area contributed by atoms with E-state index >= 15 is 0 Å². The standard InChI is InChI=1S/C11H9NO2/c1-14-11-6-8(7-13)9-4-2-3-5-10(9)12-11/h2-7H,1H3. The molecule has 0 bridgehead atoms. The molecule has 0 radical (unpaired) electrons. The molecule has 1 aromatic carbocycles. The molecule has 0 atom stereocenters. The Bertz CT molecular complexity index is 480. The maximum absolute atomic E-state index is 10.8. The van der Waals surface area contributed by atoms with Crippen LogP contribution in [0.2, 0.25) is 0 Å². The second kappa shape index (κ2) is 3.46. The molecule has 3 nitrogen and oxygen atoms in total. The van der Waals surface area contributed by atoms with Crippen molar-refractivity contribution in [2.75, 3.05) is 7.11 Å². The van der Waals surface area contributed by atoms with Crippen LogP contribution in [0, 0.1) is 0 Å². The second-order valence-electron chi connectivity index (χ2n) is 2.89. The van der Waals surface area contributed by atoms with Gasteiger partial charge in [0.25, 0.3) is 0 Å². The molecule has 0 amide bonds. The number of pyridine rings is 1. The van der Waals surface area contributed by atoms with Crippen LogP contribution in [0.5, 0.6) is 5.88 Å². The fraction of sp³-hybridized carbons (Fsp3) is 0.0909. The number of fused-ring (bicyclic) bond motifs is 1. The molecule has 14 heavy (non-hydrogen) atoms. The fourth-order valence-electron chi connectivity index (χ4n) is 1.38. The van der Waals surface area contributed by atoms with E-state index in [2.05, 4.69) is 4.98 Å². The number of hydrogen-bond donors (Lipinski definition) is 0. The molecule has 0 aliphatic heterocycles. The molecule has 3 heteroatoms. The summed E-state index contributed by atoms with van der Waals surface area (Å²) in [6, 6.07) is 9.11. The number of nitrogens with zero attached hydrogens (tertiary/aromatic N) is 1. The zero-order valence-electron chi connectivity index (χ0n) is 7.73. The van der Waals surface area contributed by atoms with Gasteiger partial charge in [-0.05, 0) is 6.07 Å². The lowest BCUT2D eigenvalue weighted by Crippen LogP contribution is -1.92. The second-order valence-corrected chi connectivity index (χ2v) is 2.89. The molecule has 1 aromatic heterocycles. The predicted octanol–water partition coefficient (Wildman–Crippen LogP) is 2.06. The number of benzene rings is 1. The van der Waals surface area contributed by atoms with Crippen LogP contribution in [-0.2, 0) is 0 Å². The Hall–Kier alpha value is -1.90. The van der Waals surface area contributed by atoms with E-state index in [0.717, 1.165) is 17.2 Å². The zero-order valence-corrected chi connectivity index (χ0v) is 7.73. The van der Waals surface area contributed by atoms with Crippen molar-refractivity contribution in [1.29, 1.82) is 0 Å². The van der Waals surface area contributed by atoms with Gasteiger partial charge in [-0.3, -0.25) is 4.79 Å². The van der Waals surface area contributed by atoms with E-state index in [1.54, 1.807) is 6.07 Å². The molecule has 2 rings (SSSR count). The van der Waals surface area contributed by atoms with E-state index < -0.39 is 0 Å². The molecule has 0 N–H and O–H groups in total. The summed E-state index contributed by atoms with van der Waals surface area (Å²) in [7, 11) is 1.53. The minimum atomic E-state index is 0.464. The summed E-state index contributed by atoms with van der Waals surface area (Å²) in [6.45, 7) is 0. The number of rotatable bonds is 2. The Morgan fingerprint density at radius 3 is 2.86 bits per heavy atom. The van der Waals surface area contributed by atoms with Gasteiger partial charge in [-0.1, -0.05) is 18.2 Å². The average Bonchev–Trinajstić information content (AvgIpc) is 2.27. The van der Waals surface area contributed by atoms with Crippen LogP contribution in [0.4, 0.5) is 0 Å². The van der Waals surface area contributed by atoms with Gasteiger partial charge in [0.2, 0.25) is 5.88 Å². The van der Waals surface area contributed by atoms with Crippen LogP contribution in [-0.4, -0.2) is 18.4 Å². The topological polar surface area (TPSA) is 39.2 Å². The van der Waals surface area contributed by atoms with E-state index in [-0.39, 0.29) is 0 Å². The number of ether oxygens (including phenoxy) is 1. The molecule has 70 valence electrons. The quantitative estimate of drug-likeness (QED) is 0.675. The molecule has 1 heterocycles. The van der Waals surface area contributed by atoms with Crippen molar-refractivity contribution < 1.29 is 9.53 Å². The van der Waals surface area contributed by atoms with Gasteiger partial charge in [-0.25, -0.2) is 4.98 Å². The molecule has 0 aliphatic carbocycles. The normalized spacial score (nSPS) is 10.1. The molecule has 0 saturated heterocycles. The van der Waals surface area contributed by atoms with Crippen molar-refractivity contribution in [2.24, 2.45) is 0 Å². The van der Waals surface area contributed by atoms with Crippen LogP contribution in [0.15, 0.2) is 30.3 Å². The van der Waals surface area contributed by atoms with Crippen molar-refractivity contribution >= 4 is 17.2 Å². The van der Waals surface area contributed by atoms with Crippen LogP contribution in [0.1, 0.15) is 10.4 Å². The first-order valence-corrected chi connectivity index (χ1v) is 4.24. The number of aromatic nitrogens is 1. The highest BCUT2D eigenvalue weighted by Gasteiger charge is 2.03. The first-order valence-electron chi connectivity index (χ1n) is 4.24. The number of aldehydes is 1. The zero-order chi connectivity index (χ0) is 9.97. The SMILES string of the molecule is COc1cc(C=O)c2ccccc2n1. The highest BCUT2D eigenvalue weighted by molar-refractivity contribution is 5.96. The lowest BCUT2D eigenvalue weighted by atomic mass is 10.1. The van der Waals surface area contributed by atoms with E-state index in [1.807, 2.05) is 24.3 Å². The summed E-state index contributed by atoms with van der Waals surface area (Å²) in [5.41, 5.74) is 1.38. The van der Waals surface area contributed by atoms with Gasteiger partial charge in [0.05, 0.1) is 12.6 Å². The summed E-state index contributed by atoms with van der Waals surface area (Å²) in [4.78, 5) is 15.0. The number of para-hydroxylation sites is 1. The Morgan fingerprint density at radius 1 is 1.36 bits per heavy atom. The number of carbonyl (C=O) groups is 1. The maximum Gasteiger partial charge on any atom is 0.214 e. The molecule has 2 aromatic rings. The van der Waals surface area contributed by atoms with Crippen molar-refractivity contribution in [2.45, 2.75) is 0 Å². The first kappa shape index (κ1) is 8.69. The molecule has 0 aliphatic rings. The third-order valence-electron chi connectivity index (χ3n) is 2.06. The van der Waals surface area contributed by atoms with Crippen LogP contribution in [0.3, 0.4) is 0 Å². The third-order valence-corrected chi connectivity index (χ3v) is 2.06. The Kier molecular flexibility index (Phi) is 2.14. The number of carbonyl (C=O) groups excluding carboxylic acids is 1. The van der Waals surface area contributed by atoms with E-state index in [4.69, 9.17) is 4.74 Å². The van der Waals surface area contributed by atoms with Crippen LogP contribution in [0.25, 0.3) is 10.9 Å². The largest absolute Gasteiger partial charge is 0.481 e. The van der Waals surface area contributed by atoms with Gasteiger partial charge in [0.15, 0.2) is 6.29 Å². The van der Waals surface area contributed by atoms with Gasteiger partial charge in [-0.15, -0.1) is 0 Å². The van der Waals surface area contributed by atoms with E-state index in [1.165, 1.54) is 7.11 Å². The minimum absolute atomic E-state index is 0.464. The lowest BCUT2D eigenvalue weighted by Gasteiger charge is -2.03. The smallest absolute Gasteiger partial charge is 0.214 e. The molecular weight excluding hydrogens is 178 g/mol. The summed E-state index contributed by atoms with van der Waals surface area (Å²) >= 11 is 0. The lowest BCUT2D eigenvalue weighted by molar-refractivity contribution is 0.112. The molecule has 0 spiro atoms. The van der Waals surface area contributed by atoms with Gasteiger partial charge in [-0.2, -0.15) is 0 Å². The van der Waals surface area contributed by atoms with Gasteiger partial charge < -0.3 is 4.74 Å². The van der Waals surface area contributed by atoms with E-state index in [0.29, 0.717) is 11.4 Å². The van der Waals surface area contributed by atoms with E-state index in [9.17, 15) is 4.79 Å². The predicted molar refractivity (Wildman–Crippen MR) is 53.7 cm³/mol. The number of methoxy groups -OCH3 is 1. The summed E-state index contributed by atoms with van der Waals surface area (Å²) in [5, 5.41) is 0.850. The minimum Gasteiger partial charge on any atom is -0.481 e. The highest BCUT2D eigenvalue weighted by atomic mass is 16.5. The van der Waals surface area contributed by atoms with Gasteiger partial charge in [0, 0.05) is 17.0 Å². The molecular formula is C11H9NO2. The molecule has 0 fully saturated rings. The Morgan fingerprint density at radius 2 is 2.14 bits per heavy atom. The monoisotopic (exact) mass is 187 g/mol.